The Balaban J connectivity index is 1.89. The van der Waals surface area contributed by atoms with Crippen LogP contribution in [-0.4, -0.2) is 24.3 Å². The van der Waals surface area contributed by atoms with E-state index in [9.17, 15) is 14.4 Å². The van der Waals surface area contributed by atoms with Gasteiger partial charge in [-0.25, -0.2) is 0 Å². The Hall–Kier alpha value is -2.86. The van der Waals surface area contributed by atoms with Crippen LogP contribution in [-0.2, 0) is 4.79 Å². The average molecular weight is 332 g/mol. The van der Waals surface area contributed by atoms with E-state index in [1.54, 1.807) is 36.4 Å². The van der Waals surface area contributed by atoms with Crippen LogP contribution in [0, 0.1) is 0 Å². The van der Waals surface area contributed by atoms with Crippen LogP contribution in [0.5, 0.6) is 0 Å². The number of hydrogen-bond donors (Lipinski definition) is 3. The van der Waals surface area contributed by atoms with Crippen LogP contribution in [0.1, 0.15) is 20.7 Å². The molecule has 0 aromatic heterocycles. The van der Waals surface area contributed by atoms with Crippen LogP contribution in [0.4, 0.5) is 5.69 Å². The van der Waals surface area contributed by atoms with Gasteiger partial charge in [0.2, 0.25) is 11.8 Å². The molecule has 2 aromatic carbocycles. The number of halogens is 1. The van der Waals surface area contributed by atoms with Crippen LogP contribution in [0.25, 0.3) is 0 Å². The number of anilines is 1. The summed E-state index contributed by atoms with van der Waals surface area (Å²) < 4.78 is 0. The number of rotatable bonds is 5. The standard InChI is InChI=1S/C16H14ClN3O3/c17-13-4-2-1-3-12(13)16(23)19-9-14(21)20-11-7-5-10(6-8-11)15(18)22/h1-8H,9H2,(H2,18,22)(H,19,23)(H,20,21). The third-order valence-electron chi connectivity index (χ3n) is 2.98. The van der Waals surface area contributed by atoms with Crippen LogP contribution in [0.2, 0.25) is 5.02 Å². The summed E-state index contributed by atoms with van der Waals surface area (Å²) in [5.74, 6) is -1.39. The minimum absolute atomic E-state index is 0.207. The molecular weight excluding hydrogens is 318 g/mol. The van der Waals surface area contributed by atoms with Gasteiger partial charge in [0.15, 0.2) is 0 Å². The Labute approximate surface area is 137 Å². The molecule has 0 spiro atoms. The number of carbonyl (C=O) groups excluding carboxylic acids is 3. The predicted molar refractivity (Wildman–Crippen MR) is 87.4 cm³/mol. The van der Waals surface area contributed by atoms with Gasteiger partial charge in [-0.1, -0.05) is 23.7 Å². The van der Waals surface area contributed by atoms with Gasteiger partial charge >= 0.3 is 0 Å². The molecule has 0 saturated heterocycles. The number of benzene rings is 2. The van der Waals surface area contributed by atoms with E-state index in [2.05, 4.69) is 10.6 Å². The lowest BCUT2D eigenvalue weighted by molar-refractivity contribution is -0.115. The lowest BCUT2D eigenvalue weighted by atomic mass is 10.2. The largest absolute Gasteiger partial charge is 0.366 e. The summed E-state index contributed by atoms with van der Waals surface area (Å²) in [5, 5.41) is 5.38. The highest BCUT2D eigenvalue weighted by Gasteiger charge is 2.11. The minimum atomic E-state index is -0.546. The highest BCUT2D eigenvalue weighted by atomic mass is 35.5. The van der Waals surface area contributed by atoms with E-state index in [0.717, 1.165) is 0 Å². The molecule has 2 aromatic rings. The zero-order valence-electron chi connectivity index (χ0n) is 12.0. The topological polar surface area (TPSA) is 101 Å². The van der Waals surface area contributed by atoms with Crippen molar-refractivity contribution in [3.8, 4) is 0 Å². The molecule has 0 aliphatic heterocycles. The summed E-state index contributed by atoms with van der Waals surface area (Å²) in [6.45, 7) is -0.207. The molecular formula is C16H14ClN3O3. The van der Waals surface area contributed by atoms with Crippen molar-refractivity contribution in [2.45, 2.75) is 0 Å². The van der Waals surface area contributed by atoms with Gasteiger partial charge in [0.25, 0.3) is 5.91 Å². The second-order valence-electron chi connectivity index (χ2n) is 4.65. The lowest BCUT2D eigenvalue weighted by Gasteiger charge is -2.08. The zero-order valence-corrected chi connectivity index (χ0v) is 12.8. The molecule has 0 bridgehead atoms. The molecule has 0 aliphatic rings. The van der Waals surface area contributed by atoms with Gasteiger partial charge < -0.3 is 16.4 Å². The van der Waals surface area contributed by atoms with E-state index in [4.69, 9.17) is 17.3 Å². The Morgan fingerprint density at radius 3 is 2.26 bits per heavy atom. The van der Waals surface area contributed by atoms with Gasteiger partial charge in [0.05, 0.1) is 17.1 Å². The minimum Gasteiger partial charge on any atom is -0.366 e. The van der Waals surface area contributed by atoms with Gasteiger partial charge in [-0.05, 0) is 36.4 Å². The third-order valence-corrected chi connectivity index (χ3v) is 3.31. The quantitative estimate of drug-likeness (QED) is 0.778. The predicted octanol–water partition coefficient (Wildman–Crippen LogP) is 1.81. The fourth-order valence-corrected chi connectivity index (χ4v) is 2.05. The van der Waals surface area contributed by atoms with Crippen molar-refractivity contribution < 1.29 is 14.4 Å². The first-order valence-corrected chi connectivity index (χ1v) is 7.07. The molecule has 3 amide bonds. The SMILES string of the molecule is NC(=O)c1ccc(NC(=O)CNC(=O)c2ccccc2Cl)cc1. The number of amides is 3. The first-order valence-electron chi connectivity index (χ1n) is 6.70. The molecule has 7 heteroatoms. The van der Waals surface area contributed by atoms with Crippen molar-refractivity contribution in [3.05, 3.63) is 64.7 Å². The van der Waals surface area contributed by atoms with E-state index < -0.39 is 17.7 Å². The monoisotopic (exact) mass is 331 g/mol. The van der Waals surface area contributed by atoms with Crippen molar-refractivity contribution in [1.29, 1.82) is 0 Å². The summed E-state index contributed by atoms with van der Waals surface area (Å²) in [6, 6.07) is 12.7. The van der Waals surface area contributed by atoms with Crippen LogP contribution in [0.3, 0.4) is 0 Å². The maximum atomic E-state index is 11.9. The van der Waals surface area contributed by atoms with E-state index in [1.807, 2.05) is 0 Å². The number of nitrogens with two attached hydrogens (primary N) is 1. The Morgan fingerprint density at radius 2 is 1.65 bits per heavy atom. The van der Waals surface area contributed by atoms with Crippen LogP contribution in [0.15, 0.2) is 48.5 Å². The normalized spacial score (nSPS) is 9.96. The number of primary amides is 1. The Kier molecular flexibility index (Phi) is 5.32. The van der Waals surface area contributed by atoms with Crippen molar-refractivity contribution in [2.75, 3.05) is 11.9 Å². The van der Waals surface area contributed by atoms with Crippen molar-refractivity contribution in [3.63, 3.8) is 0 Å². The van der Waals surface area contributed by atoms with Gasteiger partial charge in [0, 0.05) is 11.3 Å². The molecule has 118 valence electrons. The van der Waals surface area contributed by atoms with Crippen molar-refractivity contribution in [2.24, 2.45) is 5.73 Å². The molecule has 4 N–H and O–H groups in total. The van der Waals surface area contributed by atoms with E-state index in [0.29, 0.717) is 21.8 Å². The fourth-order valence-electron chi connectivity index (χ4n) is 1.82. The van der Waals surface area contributed by atoms with Crippen LogP contribution < -0.4 is 16.4 Å². The molecule has 6 nitrogen and oxygen atoms in total. The van der Waals surface area contributed by atoms with Gasteiger partial charge in [-0.15, -0.1) is 0 Å². The van der Waals surface area contributed by atoms with Gasteiger partial charge in [-0.2, -0.15) is 0 Å². The first kappa shape index (κ1) is 16.5. The molecule has 2 rings (SSSR count). The molecule has 0 aliphatic carbocycles. The molecule has 0 saturated carbocycles. The first-order chi connectivity index (χ1) is 11.0. The maximum Gasteiger partial charge on any atom is 0.253 e. The third kappa shape index (κ3) is 4.55. The Bertz CT molecular complexity index is 744. The molecule has 0 fully saturated rings. The summed E-state index contributed by atoms with van der Waals surface area (Å²) >= 11 is 5.91. The number of nitrogens with one attached hydrogen (secondary N) is 2. The summed E-state index contributed by atoms with van der Waals surface area (Å²) in [6.07, 6.45) is 0. The highest BCUT2D eigenvalue weighted by molar-refractivity contribution is 6.33. The average Bonchev–Trinajstić information content (AvgIpc) is 2.53. The summed E-state index contributed by atoms with van der Waals surface area (Å²) in [7, 11) is 0. The summed E-state index contributed by atoms with van der Waals surface area (Å²) in [5.41, 5.74) is 6.26. The van der Waals surface area contributed by atoms with E-state index in [1.165, 1.54) is 12.1 Å². The summed E-state index contributed by atoms with van der Waals surface area (Å²) in [4.78, 5) is 34.7. The number of hydrogen-bond acceptors (Lipinski definition) is 3. The van der Waals surface area contributed by atoms with Crippen molar-refractivity contribution >= 4 is 35.0 Å². The van der Waals surface area contributed by atoms with Gasteiger partial charge in [-0.3, -0.25) is 14.4 Å². The van der Waals surface area contributed by atoms with E-state index in [-0.39, 0.29) is 6.54 Å². The maximum absolute atomic E-state index is 11.9. The number of carbonyl (C=O) groups is 3. The second-order valence-corrected chi connectivity index (χ2v) is 5.06. The molecule has 23 heavy (non-hydrogen) atoms. The molecule has 0 heterocycles. The lowest BCUT2D eigenvalue weighted by Crippen LogP contribution is -2.33. The van der Waals surface area contributed by atoms with Crippen molar-refractivity contribution in [1.82, 2.24) is 5.32 Å². The fraction of sp³-hybridized carbons (Fsp3) is 0.0625. The Morgan fingerprint density at radius 1 is 1.00 bits per heavy atom. The molecule has 0 unspecified atom stereocenters. The highest BCUT2D eigenvalue weighted by Crippen LogP contribution is 2.14. The van der Waals surface area contributed by atoms with E-state index >= 15 is 0 Å². The molecule has 0 radical (unpaired) electrons. The van der Waals surface area contributed by atoms with Crippen LogP contribution >= 0.6 is 11.6 Å². The zero-order chi connectivity index (χ0) is 16.8. The molecule has 0 atom stereocenters. The second kappa shape index (κ2) is 7.42. The van der Waals surface area contributed by atoms with Gasteiger partial charge in [0.1, 0.15) is 0 Å². The smallest absolute Gasteiger partial charge is 0.253 e.